The number of amides is 1. The molecular formula is C9H16N2O5. The Kier molecular flexibility index (Phi) is 5.44. The Morgan fingerprint density at radius 2 is 1.75 bits per heavy atom. The Labute approximate surface area is 92.6 Å². The Morgan fingerprint density at radius 3 is 2.12 bits per heavy atom. The molecule has 0 aromatic carbocycles. The molecule has 0 saturated carbocycles. The molecule has 1 amide bonds. The molecule has 0 aliphatic heterocycles. The average molecular weight is 232 g/mol. The number of carboxylic acids is 2. The molecule has 7 heteroatoms. The van der Waals surface area contributed by atoms with E-state index in [1.165, 1.54) is 13.8 Å². The second-order valence-corrected chi connectivity index (χ2v) is 3.63. The molecule has 0 rings (SSSR count). The van der Waals surface area contributed by atoms with Gasteiger partial charge in [-0.15, -0.1) is 0 Å². The molecule has 0 aromatic heterocycles. The van der Waals surface area contributed by atoms with Crippen LogP contribution in [0.2, 0.25) is 0 Å². The summed E-state index contributed by atoms with van der Waals surface area (Å²) in [5, 5.41) is 19.4. The second kappa shape index (κ2) is 6.06. The standard InChI is InChI=1S/C9H16N2O5/c1-4(9(15)16)5(2)11-8(14)6(10)3-7(12)13/h4-6H,3,10H2,1-2H3,(H,11,14)(H,12,13)(H,15,16). The van der Waals surface area contributed by atoms with Crippen molar-refractivity contribution >= 4 is 17.8 Å². The van der Waals surface area contributed by atoms with Crippen molar-refractivity contribution in [2.45, 2.75) is 32.4 Å². The van der Waals surface area contributed by atoms with Crippen LogP contribution in [0.15, 0.2) is 0 Å². The first kappa shape index (κ1) is 14.4. The largest absolute Gasteiger partial charge is 0.481 e. The Balaban J connectivity index is 4.23. The van der Waals surface area contributed by atoms with Gasteiger partial charge >= 0.3 is 11.9 Å². The van der Waals surface area contributed by atoms with E-state index >= 15 is 0 Å². The molecule has 16 heavy (non-hydrogen) atoms. The number of nitrogens with one attached hydrogen (secondary N) is 1. The van der Waals surface area contributed by atoms with Crippen LogP contribution in [0.25, 0.3) is 0 Å². The topological polar surface area (TPSA) is 130 Å². The van der Waals surface area contributed by atoms with Crippen molar-refractivity contribution in [2.24, 2.45) is 11.7 Å². The van der Waals surface area contributed by atoms with E-state index in [9.17, 15) is 14.4 Å². The lowest BCUT2D eigenvalue weighted by atomic mass is 10.0. The van der Waals surface area contributed by atoms with Crippen LogP contribution in [0.4, 0.5) is 0 Å². The van der Waals surface area contributed by atoms with Gasteiger partial charge in [0, 0.05) is 6.04 Å². The zero-order valence-corrected chi connectivity index (χ0v) is 9.14. The average Bonchev–Trinajstić information content (AvgIpc) is 2.14. The van der Waals surface area contributed by atoms with E-state index in [1.807, 2.05) is 0 Å². The molecule has 0 fully saturated rings. The van der Waals surface area contributed by atoms with Crippen LogP contribution in [0, 0.1) is 5.92 Å². The van der Waals surface area contributed by atoms with E-state index in [0.29, 0.717) is 0 Å². The van der Waals surface area contributed by atoms with Gasteiger partial charge in [-0.1, -0.05) is 0 Å². The van der Waals surface area contributed by atoms with Crippen LogP contribution in [-0.4, -0.2) is 40.1 Å². The van der Waals surface area contributed by atoms with E-state index in [-0.39, 0.29) is 0 Å². The molecule has 0 aliphatic rings. The van der Waals surface area contributed by atoms with Gasteiger partial charge in [0.15, 0.2) is 0 Å². The van der Waals surface area contributed by atoms with Crippen LogP contribution in [0.5, 0.6) is 0 Å². The van der Waals surface area contributed by atoms with Crippen LogP contribution in [-0.2, 0) is 14.4 Å². The normalized spacial score (nSPS) is 15.9. The highest BCUT2D eigenvalue weighted by Crippen LogP contribution is 2.02. The number of hydrogen-bond acceptors (Lipinski definition) is 4. The van der Waals surface area contributed by atoms with E-state index < -0.39 is 42.3 Å². The molecule has 0 aliphatic carbocycles. The lowest BCUT2D eigenvalue weighted by molar-refractivity contribution is -0.143. The number of rotatable bonds is 6. The summed E-state index contributed by atoms with van der Waals surface area (Å²) in [5.41, 5.74) is 5.30. The van der Waals surface area contributed by atoms with Crippen molar-refractivity contribution in [3.63, 3.8) is 0 Å². The summed E-state index contributed by atoms with van der Waals surface area (Å²) in [4.78, 5) is 32.2. The number of carbonyl (C=O) groups excluding carboxylic acids is 1. The highest BCUT2D eigenvalue weighted by Gasteiger charge is 2.24. The summed E-state index contributed by atoms with van der Waals surface area (Å²) in [6.45, 7) is 2.96. The zero-order chi connectivity index (χ0) is 12.9. The third-order valence-electron chi connectivity index (χ3n) is 2.24. The molecule has 3 unspecified atom stereocenters. The van der Waals surface area contributed by atoms with Gasteiger partial charge in [0.25, 0.3) is 0 Å². The lowest BCUT2D eigenvalue weighted by Crippen LogP contribution is -2.48. The van der Waals surface area contributed by atoms with Gasteiger partial charge in [-0.2, -0.15) is 0 Å². The summed E-state index contributed by atoms with van der Waals surface area (Å²) in [5.74, 6) is -3.65. The quantitative estimate of drug-likeness (QED) is 0.465. The number of nitrogens with two attached hydrogens (primary N) is 1. The molecule has 0 spiro atoms. The van der Waals surface area contributed by atoms with Gasteiger partial charge in [0.1, 0.15) is 0 Å². The first-order valence-electron chi connectivity index (χ1n) is 4.76. The summed E-state index contributed by atoms with van der Waals surface area (Å²) in [7, 11) is 0. The Hall–Kier alpha value is -1.63. The summed E-state index contributed by atoms with van der Waals surface area (Å²) in [6, 6.07) is -1.77. The van der Waals surface area contributed by atoms with E-state index in [4.69, 9.17) is 15.9 Å². The molecule has 0 saturated heterocycles. The first-order chi connectivity index (χ1) is 7.25. The fourth-order valence-corrected chi connectivity index (χ4v) is 0.951. The zero-order valence-electron chi connectivity index (χ0n) is 9.14. The van der Waals surface area contributed by atoms with Crippen molar-refractivity contribution in [3.05, 3.63) is 0 Å². The number of hydrogen-bond donors (Lipinski definition) is 4. The van der Waals surface area contributed by atoms with Crippen molar-refractivity contribution < 1.29 is 24.6 Å². The molecule has 0 aromatic rings. The van der Waals surface area contributed by atoms with Gasteiger partial charge in [-0.05, 0) is 13.8 Å². The molecule has 0 bridgehead atoms. The SMILES string of the molecule is CC(NC(=O)C(N)CC(=O)O)C(C)C(=O)O. The minimum absolute atomic E-state index is 0.486. The maximum Gasteiger partial charge on any atom is 0.308 e. The van der Waals surface area contributed by atoms with Crippen molar-refractivity contribution in [1.82, 2.24) is 5.32 Å². The van der Waals surface area contributed by atoms with Crippen molar-refractivity contribution in [2.75, 3.05) is 0 Å². The molecular weight excluding hydrogens is 216 g/mol. The van der Waals surface area contributed by atoms with Gasteiger partial charge < -0.3 is 21.3 Å². The molecule has 5 N–H and O–H groups in total. The van der Waals surface area contributed by atoms with Crippen LogP contribution in [0.3, 0.4) is 0 Å². The maximum absolute atomic E-state index is 11.3. The smallest absolute Gasteiger partial charge is 0.308 e. The van der Waals surface area contributed by atoms with E-state index in [2.05, 4.69) is 5.32 Å². The van der Waals surface area contributed by atoms with E-state index in [1.54, 1.807) is 0 Å². The van der Waals surface area contributed by atoms with Crippen molar-refractivity contribution in [1.29, 1.82) is 0 Å². The number of carbonyl (C=O) groups is 3. The van der Waals surface area contributed by atoms with Crippen LogP contribution < -0.4 is 11.1 Å². The first-order valence-corrected chi connectivity index (χ1v) is 4.76. The Morgan fingerprint density at radius 1 is 1.25 bits per heavy atom. The second-order valence-electron chi connectivity index (χ2n) is 3.63. The monoisotopic (exact) mass is 232 g/mol. The lowest BCUT2D eigenvalue weighted by Gasteiger charge is -2.19. The highest BCUT2D eigenvalue weighted by molar-refractivity contribution is 5.86. The fraction of sp³-hybridized carbons (Fsp3) is 0.667. The fourth-order valence-electron chi connectivity index (χ4n) is 0.951. The van der Waals surface area contributed by atoms with Gasteiger partial charge in [0.2, 0.25) is 5.91 Å². The van der Waals surface area contributed by atoms with Gasteiger partial charge in [-0.3, -0.25) is 14.4 Å². The molecule has 0 radical (unpaired) electrons. The third-order valence-corrected chi connectivity index (χ3v) is 2.24. The predicted octanol–water partition coefficient (Wildman–Crippen LogP) is -0.986. The van der Waals surface area contributed by atoms with Crippen LogP contribution >= 0.6 is 0 Å². The summed E-state index contributed by atoms with van der Waals surface area (Å²) >= 11 is 0. The molecule has 3 atom stereocenters. The highest BCUT2D eigenvalue weighted by atomic mass is 16.4. The number of carboxylic acid groups (broad SMARTS) is 2. The number of aliphatic carboxylic acids is 2. The minimum Gasteiger partial charge on any atom is -0.481 e. The van der Waals surface area contributed by atoms with E-state index in [0.717, 1.165) is 0 Å². The third kappa shape index (κ3) is 4.74. The predicted molar refractivity (Wildman–Crippen MR) is 54.6 cm³/mol. The maximum atomic E-state index is 11.3. The van der Waals surface area contributed by atoms with Gasteiger partial charge in [-0.25, -0.2) is 0 Å². The van der Waals surface area contributed by atoms with Crippen molar-refractivity contribution in [3.8, 4) is 0 Å². The Bertz CT molecular complexity index is 292. The van der Waals surface area contributed by atoms with Crippen LogP contribution in [0.1, 0.15) is 20.3 Å². The van der Waals surface area contributed by atoms with Gasteiger partial charge in [0.05, 0.1) is 18.4 Å². The molecule has 7 nitrogen and oxygen atoms in total. The molecule has 0 heterocycles. The summed E-state index contributed by atoms with van der Waals surface area (Å²) in [6.07, 6.45) is -0.486. The molecule has 92 valence electrons. The minimum atomic E-state index is -1.18. The summed E-state index contributed by atoms with van der Waals surface area (Å²) < 4.78 is 0.